The van der Waals surface area contributed by atoms with Crippen LogP contribution in [0.3, 0.4) is 0 Å². The van der Waals surface area contributed by atoms with Crippen molar-refractivity contribution in [1.82, 2.24) is 20.9 Å². The predicted octanol–water partition coefficient (Wildman–Crippen LogP) is 6.43. The molecule has 0 bridgehead atoms. The second-order valence-corrected chi connectivity index (χ2v) is 12.7. The Morgan fingerprint density at radius 1 is 1.06 bits per heavy atom. The molecule has 6 rings (SSSR count). The highest BCUT2D eigenvalue weighted by molar-refractivity contribution is 5.73. The normalized spacial score (nSPS) is 20.1. The monoisotopic (exact) mass is 657 g/mol. The summed E-state index contributed by atoms with van der Waals surface area (Å²) >= 11 is 0. The lowest BCUT2D eigenvalue weighted by atomic mass is 9.96. The highest BCUT2D eigenvalue weighted by Gasteiger charge is 2.36. The van der Waals surface area contributed by atoms with Gasteiger partial charge in [0.2, 0.25) is 0 Å². The second kappa shape index (κ2) is 15.0. The Morgan fingerprint density at radius 2 is 1.88 bits per heavy atom. The van der Waals surface area contributed by atoms with E-state index < -0.39 is 23.9 Å². The number of fused-ring (bicyclic) bond motifs is 1. The molecular weight excluding hydrogens is 613 g/mol. The number of halogens is 1. The van der Waals surface area contributed by atoms with Crippen molar-refractivity contribution in [3.8, 4) is 17.2 Å². The van der Waals surface area contributed by atoms with Crippen LogP contribution in [0.25, 0.3) is 6.08 Å². The molecule has 0 saturated carbocycles. The van der Waals surface area contributed by atoms with Gasteiger partial charge in [-0.1, -0.05) is 30.2 Å². The fraction of sp³-hybridized carbons (Fsp3) is 0.378. The summed E-state index contributed by atoms with van der Waals surface area (Å²) in [5, 5.41) is 13.0. The Kier molecular flexibility index (Phi) is 10.4. The van der Waals surface area contributed by atoms with Gasteiger partial charge in [0.25, 0.3) is 0 Å². The number of hydrogen-bond donors (Lipinski definition) is 4. The number of aryl methyl sites for hydroxylation is 3. The Hall–Kier alpha value is -4.74. The maximum Gasteiger partial charge on any atom is 0.414 e. The quantitative estimate of drug-likeness (QED) is 0.137. The van der Waals surface area contributed by atoms with E-state index in [1.165, 1.54) is 31.6 Å². The van der Waals surface area contributed by atoms with Crippen LogP contribution in [-0.4, -0.2) is 49.2 Å². The highest BCUT2D eigenvalue weighted by Crippen LogP contribution is 2.29. The minimum Gasteiger partial charge on any atom is -0.490 e. The second-order valence-electron chi connectivity index (χ2n) is 12.7. The van der Waals surface area contributed by atoms with Gasteiger partial charge in [-0.25, -0.2) is 9.18 Å². The first-order valence-corrected chi connectivity index (χ1v) is 16.6. The molecule has 4 N–H and O–H groups in total. The number of amides is 1. The zero-order chi connectivity index (χ0) is 33.5. The van der Waals surface area contributed by atoms with Crippen molar-refractivity contribution in [1.29, 1.82) is 0 Å². The van der Waals surface area contributed by atoms with Crippen molar-refractivity contribution in [3.63, 3.8) is 0 Å². The standard InChI is InChI=1S/C37H44FN5O5/c1-25-20-26(2)34(27(3)21-25)47-36(44)42-37(24-28-8-10-32-29(22-28)12-19-46-48-32)13-14-39-35(41-37)40-30-9-11-33(31(38)23-30)45-18-7-17-43-15-5-4-6-16-43/h8-14,19-23,35,39-41H,4-7,15-18,24H2,1-3H3,(H,42,44). The van der Waals surface area contributed by atoms with Crippen LogP contribution in [-0.2, 0) is 11.3 Å². The summed E-state index contributed by atoms with van der Waals surface area (Å²) in [7, 11) is 0. The Labute approximate surface area is 281 Å². The third-order valence-corrected chi connectivity index (χ3v) is 8.72. The van der Waals surface area contributed by atoms with Crippen LogP contribution < -0.4 is 35.6 Å². The molecule has 3 aliphatic rings. The first kappa shape index (κ1) is 33.2. The molecule has 3 aromatic rings. The Balaban J connectivity index is 1.14. The number of nitrogens with one attached hydrogen (secondary N) is 4. The van der Waals surface area contributed by atoms with Crippen molar-refractivity contribution in [2.24, 2.45) is 0 Å². The molecule has 0 aromatic heterocycles. The van der Waals surface area contributed by atoms with Crippen molar-refractivity contribution in [2.75, 3.05) is 31.6 Å². The summed E-state index contributed by atoms with van der Waals surface area (Å²) in [5.41, 5.74) is 4.02. The van der Waals surface area contributed by atoms with E-state index in [2.05, 4.69) is 26.2 Å². The van der Waals surface area contributed by atoms with E-state index in [0.717, 1.165) is 53.9 Å². The number of nitrogens with zero attached hydrogens (tertiary/aromatic N) is 1. The summed E-state index contributed by atoms with van der Waals surface area (Å²) < 4.78 is 26.7. The summed E-state index contributed by atoms with van der Waals surface area (Å²) in [6.07, 6.45) is 10.7. The molecule has 2 unspecified atom stereocenters. The molecule has 0 aliphatic carbocycles. The topological polar surface area (TPSA) is 105 Å². The minimum absolute atomic E-state index is 0.222. The fourth-order valence-electron chi connectivity index (χ4n) is 6.52. The highest BCUT2D eigenvalue weighted by atomic mass is 19.1. The zero-order valence-electron chi connectivity index (χ0n) is 27.7. The number of benzene rings is 3. The van der Waals surface area contributed by atoms with Gasteiger partial charge in [0.15, 0.2) is 23.6 Å². The molecule has 3 aromatic carbocycles. The van der Waals surface area contributed by atoms with Crippen LogP contribution in [0.15, 0.2) is 67.1 Å². The first-order chi connectivity index (χ1) is 23.2. The summed E-state index contributed by atoms with van der Waals surface area (Å²) in [4.78, 5) is 26.1. The molecule has 10 nitrogen and oxygen atoms in total. The van der Waals surface area contributed by atoms with Gasteiger partial charge in [-0.3, -0.25) is 20.4 Å². The lowest BCUT2D eigenvalue weighted by Gasteiger charge is -2.40. The Bertz CT molecular complexity index is 1650. The van der Waals surface area contributed by atoms with E-state index in [9.17, 15) is 4.79 Å². The van der Waals surface area contributed by atoms with Crippen LogP contribution >= 0.6 is 0 Å². The molecule has 48 heavy (non-hydrogen) atoms. The van der Waals surface area contributed by atoms with Gasteiger partial charge in [-0.05, 0) is 112 Å². The lowest BCUT2D eigenvalue weighted by molar-refractivity contribution is -0.151. The third kappa shape index (κ3) is 8.39. The molecular formula is C37H44FN5O5. The van der Waals surface area contributed by atoms with E-state index in [1.807, 2.05) is 63.3 Å². The van der Waals surface area contributed by atoms with Gasteiger partial charge < -0.3 is 25.0 Å². The average Bonchev–Trinajstić information content (AvgIpc) is 3.06. The molecule has 11 heteroatoms. The molecule has 2 atom stereocenters. The van der Waals surface area contributed by atoms with Gasteiger partial charge in [0.1, 0.15) is 17.7 Å². The number of piperidine rings is 1. The Morgan fingerprint density at radius 3 is 2.67 bits per heavy atom. The summed E-state index contributed by atoms with van der Waals surface area (Å²) in [6.45, 7) is 9.52. The van der Waals surface area contributed by atoms with Crippen molar-refractivity contribution in [2.45, 2.75) is 64.8 Å². The van der Waals surface area contributed by atoms with Crippen molar-refractivity contribution >= 4 is 17.9 Å². The van der Waals surface area contributed by atoms with E-state index in [1.54, 1.807) is 18.3 Å². The number of likely N-dealkylation sites (tertiary alicyclic amines) is 1. The molecule has 0 radical (unpaired) electrons. The van der Waals surface area contributed by atoms with Gasteiger partial charge in [0, 0.05) is 30.3 Å². The van der Waals surface area contributed by atoms with Crippen LogP contribution in [0.2, 0.25) is 0 Å². The molecule has 254 valence electrons. The number of anilines is 1. The average molecular weight is 658 g/mol. The summed E-state index contributed by atoms with van der Waals surface area (Å²) in [6, 6.07) is 14.5. The third-order valence-electron chi connectivity index (χ3n) is 8.72. The molecule has 3 aliphatic heterocycles. The molecule has 0 spiro atoms. The maximum atomic E-state index is 15.1. The molecule has 3 heterocycles. The first-order valence-electron chi connectivity index (χ1n) is 16.6. The predicted molar refractivity (Wildman–Crippen MR) is 183 cm³/mol. The number of rotatable bonds is 11. The molecule has 1 saturated heterocycles. The van der Waals surface area contributed by atoms with Gasteiger partial charge in [0.05, 0.1) is 6.61 Å². The van der Waals surface area contributed by atoms with Crippen molar-refractivity contribution in [3.05, 3.63) is 101 Å². The van der Waals surface area contributed by atoms with Gasteiger partial charge in [-0.2, -0.15) is 0 Å². The number of ether oxygens (including phenoxy) is 2. The minimum atomic E-state index is -1.09. The molecule has 1 amide bonds. The van der Waals surface area contributed by atoms with Crippen LogP contribution in [0, 0.1) is 26.6 Å². The van der Waals surface area contributed by atoms with Crippen LogP contribution in [0.5, 0.6) is 17.2 Å². The van der Waals surface area contributed by atoms with E-state index in [4.69, 9.17) is 19.2 Å². The van der Waals surface area contributed by atoms with Crippen LogP contribution in [0.4, 0.5) is 14.9 Å². The number of carbonyl (C=O) groups excluding carboxylic acids is 1. The largest absolute Gasteiger partial charge is 0.490 e. The summed E-state index contributed by atoms with van der Waals surface area (Å²) in [5.74, 6) is 0.883. The SMILES string of the molecule is Cc1cc(C)c(OC(=O)NC2(Cc3ccc4c(c3)C=COO4)C=CNC(Nc3ccc(OCCCN4CCCCC4)c(F)c3)N2)c(C)c1. The fourth-order valence-corrected chi connectivity index (χ4v) is 6.52. The zero-order valence-corrected chi connectivity index (χ0v) is 27.7. The lowest BCUT2D eigenvalue weighted by Crippen LogP contribution is -2.68. The van der Waals surface area contributed by atoms with E-state index in [-0.39, 0.29) is 5.75 Å². The van der Waals surface area contributed by atoms with Crippen molar-refractivity contribution < 1.29 is 28.4 Å². The number of hydrogen-bond acceptors (Lipinski definition) is 9. The molecule has 1 fully saturated rings. The van der Waals surface area contributed by atoms with Gasteiger partial charge in [-0.15, -0.1) is 0 Å². The van der Waals surface area contributed by atoms with Crippen LogP contribution in [0.1, 0.15) is 53.5 Å². The smallest absolute Gasteiger partial charge is 0.414 e. The van der Waals surface area contributed by atoms with E-state index >= 15 is 4.39 Å². The van der Waals surface area contributed by atoms with E-state index in [0.29, 0.717) is 30.2 Å². The maximum absolute atomic E-state index is 15.1. The van der Waals surface area contributed by atoms with Gasteiger partial charge >= 0.3 is 6.09 Å². The number of carbonyl (C=O) groups is 1.